The number of aryl methyl sites for hydroxylation is 1. The summed E-state index contributed by atoms with van der Waals surface area (Å²) in [5.41, 5.74) is 1.73. The maximum absolute atomic E-state index is 12.3. The first-order chi connectivity index (χ1) is 10.7. The van der Waals surface area contributed by atoms with Crippen molar-refractivity contribution in [2.75, 3.05) is 18.4 Å². The smallest absolute Gasteiger partial charge is 0.322 e. The van der Waals surface area contributed by atoms with E-state index in [1.807, 2.05) is 25.1 Å². The van der Waals surface area contributed by atoms with E-state index in [0.717, 1.165) is 23.4 Å². The number of hydrogen-bond donors (Lipinski definition) is 1. The third-order valence-electron chi connectivity index (χ3n) is 3.65. The van der Waals surface area contributed by atoms with Gasteiger partial charge >= 0.3 is 6.03 Å². The number of ether oxygens (including phenoxy) is 1. The molecule has 2 aromatic rings. The average Bonchev–Trinajstić information content (AvgIpc) is 2.99. The quantitative estimate of drug-likeness (QED) is 0.945. The zero-order valence-electron chi connectivity index (χ0n) is 12.4. The highest BCUT2D eigenvalue weighted by Crippen LogP contribution is 2.19. The van der Waals surface area contributed by atoms with E-state index in [0.29, 0.717) is 13.1 Å². The van der Waals surface area contributed by atoms with E-state index in [1.165, 1.54) is 0 Å². The lowest BCUT2D eigenvalue weighted by molar-refractivity contribution is 0.194. The predicted molar refractivity (Wildman–Crippen MR) is 82.8 cm³/mol. The number of carbonyl (C=O) groups excluding carboxylic acids is 1. The van der Waals surface area contributed by atoms with Crippen LogP contribution >= 0.6 is 0 Å². The lowest BCUT2D eigenvalue weighted by atomic mass is 10.2. The van der Waals surface area contributed by atoms with Crippen LogP contribution in [0.2, 0.25) is 0 Å². The normalized spacial score (nSPS) is 17.3. The van der Waals surface area contributed by atoms with Crippen molar-refractivity contribution in [1.29, 1.82) is 0 Å². The fourth-order valence-electron chi connectivity index (χ4n) is 2.41. The molecule has 0 bridgehead atoms. The molecule has 0 radical (unpaired) electrons. The van der Waals surface area contributed by atoms with Crippen LogP contribution in [-0.2, 0) is 0 Å². The highest BCUT2D eigenvalue weighted by molar-refractivity contribution is 5.90. The van der Waals surface area contributed by atoms with E-state index in [-0.39, 0.29) is 12.1 Å². The van der Waals surface area contributed by atoms with Crippen LogP contribution in [0, 0.1) is 6.92 Å². The Hall–Kier alpha value is -2.63. The second kappa shape index (κ2) is 6.43. The van der Waals surface area contributed by atoms with Gasteiger partial charge in [-0.2, -0.15) is 0 Å². The van der Waals surface area contributed by atoms with Crippen LogP contribution in [-0.4, -0.2) is 40.1 Å². The molecule has 2 aromatic heterocycles. The number of hydrogen-bond acceptors (Lipinski definition) is 4. The molecule has 1 saturated heterocycles. The van der Waals surface area contributed by atoms with Crippen molar-refractivity contribution < 1.29 is 9.53 Å². The van der Waals surface area contributed by atoms with E-state index >= 15 is 0 Å². The van der Waals surface area contributed by atoms with E-state index in [9.17, 15) is 4.79 Å². The molecule has 0 unspecified atom stereocenters. The highest BCUT2D eigenvalue weighted by Gasteiger charge is 2.27. The number of rotatable bonds is 3. The minimum Gasteiger partial charge on any atom is -0.487 e. The van der Waals surface area contributed by atoms with Gasteiger partial charge in [-0.1, -0.05) is 0 Å². The number of carbonyl (C=O) groups is 1. The Morgan fingerprint density at radius 1 is 1.32 bits per heavy atom. The Morgan fingerprint density at radius 3 is 2.95 bits per heavy atom. The molecule has 6 heteroatoms. The Morgan fingerprint density at radius 2 is 2.18 bits per heavy atom. The van der Waals surface area contributed by atoms with Crippen molar-refractivity contribution in [2.24, 2.45) is 0 Å². The Bertz CT molecular complexity index is 648. The molecule has 3 heterocycles. The second-order valence-electron chi connectivity index (χ2n) is 5.28. The molecule has 2 amide bonds. The molecular formula is C16H18N4O2. The van der Waals surface area contributed by atoms with Crippen LogP contribution in [0.4, 0.5) is 10.5 Å². The van der Waals surface area contributed by atoms with E-state index in [4.69, 9.17) is 4.74 Å². The van der Waals surface area contributed by atoms with E-state index in [2.05, 4.69) is 15.3 Å². The molecule has 3 rings (SSSR count). The van der Waals surface area contributed by atoms with Crippen LogP contribution in [0.5, 0.6) is 5.75 Å². The lowest BCUT2D eigenvalue weighted by Gasteiger charge is -2.18. The molecule has 1 fully saturated rings. The number of aromatic nitrogens is 2. The van der Waals surface area contributed by atoms with Crippen LogP contribution < -0.4 is 10.1 Å². The van der Waals surface area contributed by atoms with Gasteiger partial charge in [0.15, 0.2) is 0 Å². The first kappa shape index (κ1) is 14.3. The third kappa shape index (κ3) is 3.33. The van der Waals surface area contributed by atoms with Crippen LogP contribution in [0.15, 0.2) is 43.0 Å². The molecule has 114 valence electrons. The number of amides is 2. The van der Waals surface area contributed by atoms with Crippen molar-refractivity contribution in [1.82, 2.24) is 14.9 Å². The van der Waals surface area contributed by atoms with Crippen molar-refractivity contribution >= 4 is 11.7 Å². The predicted octanol–water partition coefficient (Wildman–Crippen LogP) is 2.47. The van der Waals surface area contributed by atoms with Gasteiger partial charge in [-0.25, -0.2) is 4.79 Å². The largest absolute Gasteiger partial charge is 0.487 e. The van der Waals surface area contributed by atoms with Gasteiger partial charge in [0.05, 0.1) is 24.6 Å². The SMILES string of the molecule is Cc1ccncc1NC(=O)N1CC[C@@H](Oc2cccnc2)C1. The Balaban J connectivity index is 1.56. The summed E-state index contributed by atoms with van der Waals surface area (Å²) in [5.74, 6) is 0.734. The molecule has 1 N–H and O–H groups in total. The number of anilines is 1. The molecule has 6 nitrogen and oxygen atoms in total. The molecule has 1 aliphatic rings. The number of nitrogens with zero attached hydrogens (tertiary/aromatic N) is 3. The van der Waals surface area contributed by atoms with Crippen LogP contribution in [0.25, 0.3) is 0 Å². The number of nitrogens with one attached hydrogen (secondary N) is 1. The maximum Gasteiger partial charge on any atom is 0.322 e. The zero-order chi connectivity index (χ0) is 15.4. The van der Waals surface area contributed by atoms with Crippen LogP contribution in [0.1, 0.15) is 12.0 Å². The van der Waals surface area contributed by atoms with Crippen molar-refractivity contribution in [2.45, 2.75) is 19.4 Å². The summed E-state index contributed by atoms with van der Waals surface area (Å²) < 4.78 is 5.83. The molecule has 22 heavy (non-hydrogen) atoms. The fourth-order valence-corrected chi connectivity index (χ4v) is 2.41. The van der Waals surface area contributed by atoms with Gasteiger partial charge in [0.25, 0.3) is 0 Å². The monoisotopic (exact) mass is 298 g/mol. The summed E-state index contributed by atoms with van der Waals surface area (Å²) in [6, 6.07) is 5.45. The molecule has 1 atom stereocenters. The number of urea groups is 1. The maximum atomic E-state index is 12.3. The standard InChI is InChI=1S/C16H18N4O2/c1-12-4-7-18-10-15(12)19-16(21)20-8-5-14(11-20)22-13-3-2-6-17-9-13/h2-4,6-7,9-10,14H,5,8,11H2,1H3,(H,19,21)/t14-/m1/s1. The van der Waals surface area contributed by atoms with Gasteiger partial charge in [-0.05, 0) is 30.7 Å². The first-order valence-electron chi connectivity index (χ1n) is 7.25. The Labute approximate surface area is 129 Å². The topological polar surface area (TPSA) is 67.4 Å². The molecule has 0 saturated carbocycles. The first-order valence-corrected chi connectivity index (χ1v) is 7.25. The summed E-state index contributed by atoms with van der Waals surface area (Å²) in [6.45, 7) is 3.19. The minimum atomic E-state index is -0.117. The van der Waals surface area contributed by atoms with Crippen molar-refractivity contribution in [3.8, 4) is 5.75 Å². The number of likely N-dealkylation sites (tertiary alicyclic amines) is 1. The number of pyridine rings is 2. The third-order valence-corrected chi connectivity index (χ3v) is 3.65. The summed E-state index contributed by atoms with van der Waals surface area (Å²) in [5, 5.41) is 2.89. The average molecular weight is 298 g/mol. The molecule has 0 spiro atoms. The Kier molecular flexibility index (Phi) is 4.18. The molecule has 0 aliphatic carbocycles. The zero-order valence-corrected chi connectivity index (χ0v) is 12.4. The summed E-state index contributed by atoms with van der Waals surface area (Å²) in [6.07, 6.45) is 7.57. The summed E-state index contributed by atoms with van der Waals surface area (Å²) in [4.78, 5) is 22.1. The minimum absolute atomic E-state index is 0.00458. The van der Waals surface area contributed by atoms with Crippen molar-refractivity contribution in [3.63, 3.8) is 0 Å². The van der Waals surface area contributed by atoms with Gasteiger partial charge < -0.3 is 15.0 Å². The van der Waals surface area contributed by atoms with Crippen molar-refractivity contribution in [3.05, 3.63) is 48.5 Å². The molecular weight excluding hydrogens is 280 g/mol. The molecule has 0 aromatic carbocycles. The van der Waals surface area contributed by atoms with Crippen LogP contribution in [0.3, 0.4) is 0 Å². The van der Waals surface area contributed by atoms with Gasteiger partial charge in [0.1, 0.15) is 11.9 Å². The molecule has 1 aliphatic heterocycles. The van der Waals surface area contributed by atoms with Gasteiger partial charge in [-0.15, -0.1) is 0 Å². The summed E-state index contributed by atoms with van der Waals surface area (Å²) >= 11 is 0. The summed E-state index contributed by atoms with van der Waals surface area (Å²) in [7, 11) is 0. The lowest BCUT2D eigenvalue weighted by Crippen LogP contribution is -2.34. The second-order valence-corrected chi connectivity index (χ2v) is 5.28. The van der Waals surface area contributed by atoms with Gasteiger partial charge in [-0.3, -0.25) is 9.97 Å². The van der Waals surface area contributed by atoms with E-state index < -0.39 is 0 Å². The van der Waals surface area contributed by atoms with Gasteiger partial charge in [0.2, 0.25) is 0 Å². The van der Waals surface area contributed by atoms with Gasteiger partial charge in [0, 0.05) is 25.4 Å². The highest BCUT2D eigenvalue weighted by atomic mass is 16.5. The fraction of sp³-hybridized carbons (Fsp3) is 0.312. The van der Waals surface area contributed by atoms with E-state index in [1.54, 1.807) is 29.7 Å².